The van der Waals surface area contributed by atoms with Crippen LogP contribution in [-0.4, -0.2) is 11.7 Å². The Hall–Kier alpha value is -1.94. The molecule has 3 rings (SSSR count). The number of para-hydroxylation sites is 1. The molecule has 0 aliphatic heterocycles. The zero-order valence-electron chi connectivity index (χ0n) is 14.1. The molecule has 0 spiro atoms. The third kappa shape index (κ3) is 4.79. The lowest BCUT2D eigenvalue weighted by Crippen LogP contribution is -2.25. The van der Waals surface area contributed by atoms with Crippen LogP contribution in [0.5, 0.6) is 0 Å². The monoisotopic (exact) mass is 399 g/mol. The molecule has 3 nitrogen and oxygen atoms in total. The van der Waals surface area contributed by atoms with Crippen molar-refractivity contribution in [1.29, 1.82) is 0 Å². The molecule has 0 aromatic heterocycles. The second-order valence-corrected chi connectivity index (χ2v) is 7.51. The minimum Gasteiger partial charge on any atom is -0.325 e. The summed E-state index contributed by atoms with van der Waals surface area (Å²) in [5.41, 5.74) is 2.16. The molecule has 1 aliphatic carbocycles. The van der Waals surface area contributed by atoms with Crippen LogP contribution in [0.3, 0.4) is 0 Å². The zero-order chi connectivity index (χ0) is 17.6. The lowest BCUT2D eigenvalue weighted by molar-refractivity contribution is -0.120. The number of amides is 1. The molecule has 0 saturated heterocycles. The smallest absolute Gasteiger partial charge is 0.227 e. The van der Waals surface area contributed by atoms with Crippen molar-refractivity contribution in [2.45, 2.75) is 38.5 Å². The largest absolute Gasteiger partial charge is 0.325 e. The fourth-order valence-corrected chi connectivity index (χ4v) is 3.58. The van der Waals surface area contributed by atoms with Crippen LogP contribution in [0.1, 0.15) is 48.0 Å². The van der Waals surface area contributed by atoms with E-state index in [1.807, 2.05) is 42.5 Å². The second-order valence-electron chi connectivity index (χ2n) is 6.60. The minimum atomic E-state index is 0.0156. The first-order valence-electron chi connectivity index (χ1n) is 8.81. The van der Waals surface area contributed by atoms with Crippen molar-refractivity contribution in [3.8, 4) is 0 Å². The first kappa shape index (κ1) is 17.9. The Kier molecular flexibility index (Phi) is 6.03. The summed E-state index contributed by atoms with van der Waals surface area (Å²) in [6, 6.07) is 15.0. The van der Waals surface area contributed by atoms with Crippen molar-refractivity contribution in [3.05, 3.63) is 64.1 Å². The Bertz CT molecular complexity index is 749. The van der Waals surface area contributed by atoms with Crippen molar-refractivity contribution in [2.75, 3.05) is 5.32 Å². The molecule has 4 heteroatoms. The van der Waals surface area contributed by atoms with Crippen LogP contribution >= 0.6 is 15.9 Å². The molecule has 1 saturated carbocycles. The molecule has 1 aliphatic rings. The number of rotatable bonds is 5. The number of hydrogen-bond acceptors (Lipinski definition) is 2. The Morgan fingerprint density at radius 2 is 1.64 bits per heavy atom. The Balaban J connectivity index is 1.72. The molecule has 0 radical (unpaired) electrons. The van der Waals surface area contributed by atoms with Gasteiger partial charge in [-0.3, -0.25) is 9.59 Å². The van der Waals surface area contributed by atoms with E-state index in [0.29, 0.717) is 17.7 Å². The molecule has 0 heterocycles. The van der Waals surface area contributed by atoms with Crippen LogP contribution < -0.4 is 5.32 Å². The van der Waals surface area contributed by atoms with E-state index in [9.17, 15) is 9.59 Å². The third-order valence-electron chi connectivity index (χ3n) is 4.74. The van der Waals surface area contributed by atoms with E-state index < -0.39 is 0 Å². The van der Waals surface area contributed by atoms with E-state index >= 15 is 0 Å². The van der Waals surface area contributed by atoms with Gasteiger partial charge in [-0.1, -0.05) is 59.5 Å². The Morgan fingerprint density at radius 3 is 2.36 bits per heavy atom. The third-order valence-corrected chi connectivity index (χ3v) is 5.27. The number of Topliss-reactive ketones (excluding diaryl/α,β-unsaturated/α-hetero) is 1. The van der Waals surface area contributed by atoms with E-state index in [0.717, 1.165) is 35.7 Å². The first-order chi connectivity index (χ1) is 12.1. The molecule has 0 atom stereocenters. The van der Waals surface area contributed by atoms with Gasteiger partial charge in [0.25, 0.3) is 0 Å². The molecule has 2 aromatic rings. The van der Waals surface area contributed by atoms with Crippen LogP contribution in [0.2, 0.25) is 0 Å². The average molecular weight is 400 g/mol. The number of carbonyl (C=O) groups is 2. The summed E-state index contributed by atoms with van der Waals surface area (Å²) in [6.07, 6.45) is 5.65. The SMILES string of the molecule is O=C(Cc1ccc(Br)cc1)c1ccccc1NC(=O)C1CCCCC1. The lowest BCUT2D eigenvalue weighted by Gasteiger charge is -2.21. The van der Waals surface area contributed by atoms with Gasteiger partial charge in [0, 0.05) is 22.4 Å². The highest BCUT2D eigenvalue weighted by Gasteiger charge is 2.22. The highest BCUT2D eigenvalue weighted by Crippen LogP contribution is 2.26. The highest BCUT2D eigenvalue weighted by molar-refractivity contribution is 9.10. The standard InChI is InChI=1S/C21H22BrNO2/c22-17-12-10-15(11-13-17)14-20(24)18-8-4-5-9-19(18)23-21(25)16-6-2-1-3-7-16/h4-5,8-13,16H,1-3,6-7,14H2,(H,23,25). The number of carbonyl (C=O) groups excluding carboxylic acids is 2. The Labute approximate surface area is 157 Å². The number of anilines is 1. The first-order valence-corrected chi connectivity index (χ1v) is 9.60. The van der Waals surface area contributed by atoms with Gasteiger partial charge >= 0.3 is 0 Å². The van der Waals surface area contributed by atoms with E-state index in [-0.39, 0.29) is 17.6 Å². The van der Waals surface area contributed by atoms with Gasteiger partial charge in [0.15, 0.2) is 5.78 Å². The van der Waals surface area contributed by atoms with Gasteiger partial charge in [-0.15, -0.1) is 0 Å². The van der Waals surface area contributed by atoms with Crippen LogP contribution in [0, 0.1) is 5.92 Å². The number of benzene rings is 2. The summed E-state index contributed by atoms with van der Waals surface area (Å²) in [7, 11) is 0. The maximum atomic E-state index is 12.7. The predicted molar refractivity (Wildman–Crippen MR) is 104 cm³/mol. The van der Waals surface area contributed by atoms with E-state index in [1.54, 1.807) is 6.07 Å². The van der Waals surface area contributed by atoms with Gasteiger partial charge in [0.05, 0.1) is 5.69 Å². The van der Waals surface area contributed by atoms with Gasteiger partial charge < -0.3 is 5.32 Å². The second kappa shape index (κ2) is 8.43. The molecule has 0 bridgehead atoms. The van der Waals surface area contributed by atoms with Gasteiger partial charge in [-0.05, 0) is 42.7 Å². The normalized spacial score (nSPS) is 14.9. The number of hydrogen-bond donors (Lipinski definition) is 1. The van der Waals surface area contributed by atoms with E-state index in [1.165, 1.54) is 6.42 Å². The van der Waals surface area contributed by atoms with Crippen molar-refractivity contribution < 1.29 is 9.59 Å². The fraction of sp³-hybridized carbons (Fsp3) is 0.333. The molecule has 1 N–H and O–H groups in total. The lowest BCUT2D eigenvalue weighted by atomic mass is 9.88. The Morgan fingerprint density at radius 1 is 0.960 bits per heavy atom. The summed E-state index contributed by atoms with van der Waals surface area (Å²) < 4.78 is 0.990. The highest BCUT2D eigenvalue weighted by atomic mass is 79.9. The van der Waals surface area contributed by atoms with Crippen molar-refractivity contribution in [1.82, 2.24) is 0 Å². The molecule has 2 aromatic carbocycles. The van der Waals surface area contributed by atoms with E-state index in [2.05, 4.69) is 21.2 Å². The van der Waals surface area contributed by atoms with Crippen LogP contribution in [0.4, 0.5) is 5.69 Å². The molecule has 130 valence electrons. The molecular weight excluding hydrogens is 378 g/mol. The van der Waals surface area contributed by atoms with E-state index in [4.69, 9.17) is 0 Å². The topological polar surface area (TPSA) is 46.2 Å². The van der Waals surface area contributed by atoms with Crippen molar-refractivity contribution >= 4 is 33.3 Å². The van der Waals surface area contributed by atoms with Crippen molar-refractivity contribution in [3.63, 3.8) is 0 Å². The maximum absolute atomic E-state index is 12.7. The summed E-state index contributed by atoms with van der Waals surface area (Å²) in [4.78, 5) is 25.2. The van der Waals surface area contributed by atoms with Gasteiger partial charge in [0.1, 0.15) is 0 Å². The summed E-state index contributed by atoms with van der Waals surface area (Å²) in [6.45, 7) is 0. The number of ketones is 1. The maximum Gasteiger partial charge on any atom is 0.227 e. The molecule has 0 unspecified atom stereocenters. The zero-order valence-corrected chi connectivity index (χ0v) is 15.7. The predicted octanol–water partition coefficient (Wildman–Crippen LogP) is 5.39. The van der Waals surface area contributed by atoms with Crippen LogP contribution in [0.15, 0.2) is 53.0 Å². The van der Waals surface area contributed by atoms with Gasteiger partial charge in [-0.2, -0.15) is 0 Å². The van der Waals surface area contributed by atoms with Gasteiger partial charge in [-0.25, -0.2) is 0 Å². The van der Waals surface area contributed by atoms with Crippen molar-refractivity contribution in [2.24, 2.45) is 5.92 Å². The van der Waals surface area contributed by atoms with Gasteiger partial charge in [0.2, 0.25) is 5.91 Å². The minimum absolute atomic E-state index is 0.0156. The van der Waals surface area contributed by atoms with Crippen LogP contribution in [0.25, 0.3) is 0 Å². The molecule has 1 amide bonds. The quantitative estimate of drug-likeness (QED) is 0.684. The number of nitrogens with one attached hydrogen (secondary N) is 1. The fourth-order valence-electron chi connectivity index (χ4n) is 3.32. The summed E-state index contributed by atoms with van der Waals surface area (Å²) in [5, 5.41) is 2.99. The summed E-state index contributed by atoms with van der Waals surface area (Å²) in [5.74, 6) is 0.133. The molecule has 25 heavy (non-hydrogen) atoms. The molecular formula is C21H22BrNO2. The molecule has 1 fully saturated rings. The number of halogens is 1. The average Bonchev–Trinajstić information content (AvgIpc) is 2.64. The van der Waals surface area contributed by atoms with Crippen LogP contribution in [-0.2, 0) is 11.2 Å². The summed E-state index contributed by atoms with van der Waals surface area (Å²) >= 11 is 3.40.